The number of aryl methyl sites for hydroxylation is 2. The molecule has 0 bridgehead atoms. The number of nitrogens with one attached hydrogen (secondary N) is 1. The summed E-state index contributed by atoms with van der Waals surface area (Å²) in [5.74, 6) is -2.23. The highest BCUT2D eigenvalue weighted by Gasteiger charge is 2.28. The second-order valence-electron chi connectivity index (χ2n) is 9.54. The Balaban J connectivity index is 0.00000226. The van der Waals surface area contributed by atoms with E-state index in [2.05, 4.69) is 10.3 Å². The fraction of sp³-hybridized carbons (Fsp3) is 0.219. The zero-order chi connectivity index (χ0) is 30.2. The Morgan fingerprint density at radius 2 is 1.56 bits per heavy atom. The van der Waals surface area contributed by atoms with Gasteiger partial charge in [-0.15, -0.1) is 0 Å². The molecule has 4 rings (SSSR count). The summed E-state index contributed by atoms with van der Waals surface area (Å²) >= 11 is 0. The number of carbonyl (C=O) groups excluding carboxylic acids is 2. The summed E-state index contributed by atoms with van der Waals surface area (Å²) in [5.41, 5.74) is 16.7. The molecule has 0 aliphatic carbocycles. The molecule has 1 heterocycles. The maximum Gasteiger partial charge on any atom is 0.257 e. The average Bonchev–Trinajstić information content (AvgIpc) is 2.94. The van der Waals surface area contributed by atoms with E-state index in [0.29, 0.717) is 28.1 Å². The van der Waals surface area contributed by atoms with Crippen molar-refractivity contribution in [1.82, 2.24) is 4.98 Å². The van der Waals surface area contributed by atoms with Crippen molar-refractivity contribution >= 4 is 33.0 Å². The Labute approximate surface area is 241 Å². The summed E-state index contributed by atoms with van der Waals surface area (Å²) in [6.07, 6.45) is 3.29. The average molecular weight is 573 g/mol. The number of aromatic nitrogens is 1. The molecule has 0 aliphatic heterocycles. The van der Waals surface area contributed by atoms with E-state index in [0.717, 1.165) is 16.7 Å². The molecule has 0 saturated heterocycles. The normalized spacial score (nSPS) is 11.6. The van der Waals surface area contributed by atoms with Gasteiger partial charge in [0.2, 0.25) is 5.91 Å². The molecular weight excluding hydrogens is 536 g/mol. The highest BCUT2D eigenvalue weighted by molar-refractivity contribution is 7.91. The predicted molar refractivity (Wildman–Crippen MR) is 164 cm³/mol. The molecule has 0 spiro atoms. The molecule has 0 aliphatic rings. The third-order valence-electron chi connectivity index (χ3n) is 6.43. The number of amides is 2. The minimum Gasteiger partial charge on any atom is -0.399 e. The van der Waals surface area contributed by atoms with Gasteiger partial charge < -0.3 is 16.8 Å². The summed E-state index contributed by atoms with van der Waals surface area (Å²) in [6, 6.07) is 21.5. The van der Waals surface area contributed by atoms with Gasteiger partial charge in [0.1, 0.15) is 0 Å². The Morgan fingerprint density at radius 3 is 2.15 bits per heavy atom. The first-order chi connectivity index (χ1) is 19.5. The third-order valence-corrected chi connectivity index (χ3v) is 8.54. The van der Waals surface area contributed by atoms with Crippen LogP contribution in [0.2, 0.25) is 0 Å². The van der Waals surface area contributed by atoms with Gasteiger partial charge in [-0.25, -0.2) is 8.42 Å². The van der Waals surface area contributed by atoms with Crippen LogP contribution in [0.1, 0.15) is 40.9 Å². The van der Waals surface area contributed by atoms with E-state index in [-0.39, 0.29) is 17.2 Å². The molecule has 0 fully saturated rings. The quantitative estimate of drug-likeness (QED) is 0.231. The van der Waals surface area contributed by atoms with E-state index in [9.17, 15) is 18.0 Å². The zero-order valence-corrected chi connectivity index (χ0v) is 24.5. The van der Waals surface area contributed by atoms with Crippen LogP contribution in [-0.2, 0) is 21.1 Å². The molecule has 41 heavy (non-hydrogen) atoms. The number of nitrogens with zero attached hydrogens (tertiary/aromatic N) is 1. The molecule has 2 amide bonds. The lowest BCUT2D eigenvalue weighted by atomic mass is 9.97. The second-order valence-corrected chi connectivity index (χ2v) is 11.5. The van der Waals surface area contributed by atoms with Crippen LogP contribution in [-0.4, -0.2) is 31.0 Å². The summed E-state index contributed by atoms with van der Waals surface area (Å²) in [7, 11) is -3.78. The van der Waals surface area contributed by atoms with Crippen LogP contribution >= 0.6 is 0 Å². The summed E-state index contributed by atoms with van der Waals surface area (Å²) < 4.78 is 26.5. The number of nitrogens with two attached hydrogens (primary N) is 2. The smallest absolute Gasteiger partial charge is 0.257 e. The van der Waals surface area contributed by atoms with Crippen LogP contribution in [0.15, 0.2) is 90.1 Å². The van der Waals surface area contributed by atoms with Crippen LogP contribution in [0.5, 0.6) is 0 Å². The van der Waals surface area contributed by atoms with E-state index in [1.54, 1.807) is 50.4 Å². The first-order valence-electron chi connectivity index (χ1n) is 13.3. The first kappa shape index (κ1) is 31.0. The molecule has 0 saturated carbocycles. The fourth-order valence-electron chi connectivity index (χ4n) is 4.66. The Bertz CT molecular complexity index is 1600. The third kappa shape index (κ3) is 8.02. The van der Waals surface area contributed by atoms with Crippen LogP contribution in [0.3, 0.4) is 0 Å². The number of sulfone groups is 1. The molecule has 1 aromatic heterocycles. The summed E-state index contributed by atoms with van der Waals surface area (Å²) in [5, 5.41) is 2.87. The number of rotatable bonds is 9. The molecular formula is C32H36N4O4S. The van der Waals surface area contributed by atoms with Gasteiger partial charge in [0.15, 0.2) is 9.84 Å². The molecule has 0 radical (unpaired) electrons. The minimum absolute atomic E-state index is 0.184. The zero-order valence-electron chi connectivity index (χ0n) is 23.7. The van der Waals surface area contributed by atoms with Gasteiger partial charge in [0, 0.05) is 23.8 Å². The molecule has 1 atom stereocenters. The number of anilines is 2. The summed E-state index contributed by atoms with van der Waals surface area (Å²) in [6.45, 7) is 7.38. The lowest BCUT2D eigenvalue weighted by molar-refractivity contribution is -0.121. The van der Waals surface area contributed by atoms with Gasteiger partial charge in [0.25, 0.3) is 5.91 Å². The number of primary amides is 1. The number of hydrogen-bond acceptors (Lipinski definition) is 6. The van der Waals surface area contributed by atoms with Gasteiger partial charge in [-0.05, 0) is 84.5 Å². The molecule has 3 aromatic carbocycles. The van der Waals surface area contributed by atoms with Crippen molar-refractivity contribution in [3.8, 4) is 11.1 Å². The maximum absolute atomic E-state index is 13.2. The van der Waals surface area contributed by atoms with Crippen LogP contribution < -0.4 is 16.8 Å². The van der Waals surface area contributed by atoms with Gasteiger partial charge in [-0.1, -0.05) is 50.2 Å². The Morgan fingerprint density at radius 1 is 0.902 bits per heavy atom. The lowest BCUT2D eigenvalue weighted by Crippen LogP contribution is -2.32. The number of carbonyl (C=O) groups is 2. The van der Waals surface area contributed by atoms with Crippen LogP contribution in [0, 0.1) is 19.8 Å². The molecule has 1 unspecified atom stereocenters. The number of pyridine rings is 1. The van der Waals surface area contributed by atoms with Crippen LogP contribution in [0.25, 0.3) is 11.1 Å². The molecule has 9 heteroatoms. The minimum atomic E-state index is -3.78. The molecule has 4 aromatic rings. The first-order valence-corrected chi connectivity index (χ1v) is 15.0. The van der Waals surface area contributed by atoms with E-state index in [4.69, 9.17) is 11.5 Å². The van der Waals surface area contributed by atoms with E-state index < -0.39 is 27.4 Å². The monoisotopic (exact) mass is 572 g/mol. The lowest BCUT2D eigenvalue weighted by Gasteiger charge is -2.17. The largest absolute Gasteiger partial charge is 0.399 e. The van der Waals surface area contributed by atoms with Crippen molar-refractivity contribution in [1.29, 1.82) is 0 Å². The van der Waals surface area contributed by atoms with Crippen molar-refractivity contribution in [2.75, 3.05) is 16.8 Å². The van der Waals surface area contributed by atoms with E-state index in [1.807, 2.05) is 56.3 Å². The van der Waals surface area contributed by atoms with E-state index in [1.165, 1.54) is 6.20 Å². The van der Waals surface area contributed by atoms with Gasteiger partial charge >= 0.3 is 0 Å². The standard InChI is InChI=1S/C30H30N4O4S.C2H6/c1-19-13-26(31)14-20(2)28(19)39(37,38)18-25(29(32)35)15-21-8-10-22(11-9-21)23-5-3-7-27(16-23)34-30(36)24-6-4-12-33-17-24;1-2/h3-14,16-17,25H,15,18,31H2,1-2H3,(H2,32,35)(H,34,36);1-2H3. The van der Waals surface area contributed by atoms with E-state index >= 15 is 0 Å². The fourth-order valence-corrected chi connectivity index (χ4v) is 6.74. The highest BCUT2D eigenvalue weighted by atomic mass is 32.2. The van der Waals surface area contributed by atoms with Gasteiger partial charge in [-0.2, -0.15) is 0 Å². The van der Waals surface area contributed by atoms with Crippen molar-refractivity contribution in [2.45, 2.75) is 39.0 Å². The SMILES string of the molecule is CC.Cc1cc(N)cc(C)c1S(=O)(=O)CC(Cc1ccc(-c2cccc(NC(=O)c3cccnc3)c2)cc1)C(N)=O. The van der Waals surface area contributed by atoms with Crippen molar-refractivity contribution < 1.29 is 18.0 Å². The second kappa shape index (κ2) is 13.7. The topological polar surface area (TPSA) is 145 Å². The number of hydrogen-bond donors (Lipinski definition) is 3. The Hall–Kier alpha value is -4.50. The highest BCUT2D eigenvalue weighted by Crippen LogP contribution is 2.27. The van der Waals surface area contributed by atoms with Crippen molar-refractivity contribution in [3.05, 3.63) is 107 Å². The van der Waals surface area contributed by atoms with Gasteiger partial charge in [0.05, 0.1) is 22.1 Å². The Kier molecular flexibility index (Phi) is 10.4. The predicted octanol–water partition coefficient (Wildman–Crippen LogP) is 5.34. The summed E-state index contributed by atoms with van der Waals surface area (Å²) in [4.78, 5) is 28.9. The van der Waals surface area contributed by atoms with Crippen molar-refractivity contribution in [2.24, 2.45) is 11.7 Å². The molecule has 8 nitrogen and oxygen atoms in total. The maximum atomic E-state index is 13.2. The number of nitrogen functional groups attached to an aromatic ring is 1. The van der Waals surface area contributed by atoms with Gasteiger partial charge in [-0.3, -0.25) is 14.6 Å². The van der Waals surface area contributed by atoms with Crippen molar-refractivity contribution in [3.63, 3.8) is 0 Å². The molecule has 214 valence electrons. The molecule has 5 N–H and O–H groups in total. The number of benzene rings is 3. The van der Waals surface area contributed by atoms with Crippen LogP contribution in [0.4, 0.5) is 11.4 Å².